The third-order valence-electron chi connectivity index (χ3n) is 2.65. The van der Waals surface area contributed by atoms with Crippen molar-refractivity contribution in [1.29, 1.82) is 0 Å². The summed E-state index contributed by atoms with van der Waals surface area (Å²) >= 11 is 5.94. The number of nitrogens with one attached hydrogen (secondary N) is 1. The molecule has 0 saturated carbocycles. The summed E-state index contributed by atoms with van der Waals surface area (Å²) < 4.78 is 0. The van der Waals surface area contributed by atoms with E-state index in [-0.39, 0.29) is 0 Å². The van der Waals surface area contributed by atoms with Gasteiger partial charge in [-0.05, 0) is 11.6 Å². The molecule has 0 aliphatic heterocycles. The lowest BCUT2D eigenvalue weighted by Gasteiger charge is -2.08. The van der Waals surface area contributed by atoms with Gasteiger partial charge in [0.15, 0.2) is 6.10 Å². The maximum atomic E-state index is 11.7. The first-order chi connectivity index (χ1) is 9.68. The minimum atomic E-state index is -1.25. The fraction of sp³-hybridized carbons (Fsp3) is 0.0667. The SMILES string of the molecule is O=C(NN=Cc1ccccc1Cl)C(O)c1ccccc1. The fourth-order valence-corrected chi connectivity index (χ4v) is 1.78. The second-order valence-corrected chi connectivity index (χ2v) is 4.48. The van der Waals surface area contributed by atoms with Crippen LogP contribution in [0.15, 0.2) is 59.7 Å². The van der Waals surface area contributed by atoms with Gasteiger partial charge in [-0.25, -0.2) is 5.43 Å². The van der Waals surface area contributed by atoms with Crippen LogP contribution in [0.4, 0.5) is 0 Å². The van der Waals surface area contributed by atoms with Crippen molar-refractivity contribution in [2.75, 3.05) is 0 Å². The first kappa shape index (κ1) is 14.2. The quantitative estimate of drug-likeness (QED) is 0.671. The molecule has 0 spiro atoms. The van der Waals surface area contributed by atoms with E-state index in [2.05, 4.69) is 10.5 Å². The molecule has 2 rings (SSSR count). The zero-order valence-corrected chi connectivity index (χ0v) is 11.3. The molecule has 4 nitrogen and oxygen atoms in total. The number of rotatable bonds is 4. The molecule has 0 fully saturated rings. The molecule has 2 aromatic carbocycles. The molecule has 0 aliphatic carbocycles. The number of aliphatic hydroxyl groups excluding tert-OH is 1. The van der Waals surface area contributed by atoms with Crippen molar-refractivity contribution in [3.63, 3.8) is 0 Å². The zero-order valence-electron chi connectivity index (χ0n) is 10.5. The lowest BCUT2D eigenvalue weighted by atomic mass is 10.1. The minimum Gasteiger partial charge on any atom is -0.378 e. The van der Waals surface area contributed by atoms with Crippen molar-refractivity contribution < 1.29 is 9.90 Å². The van der Waals surface area contributed by atoms with Crippen molar-refractivity contribution in [3.05, 3.63) is 70.7 Å². The van der Waals surface area contributed by atoms with Crippen molar-refractivity contribution >= 4 is 23.7 Å². The molecule has 20 heavy (non-hydrogen) atoms. The molecule has 1 amide bonds. The molecule has 1 atom stereocenters. The molecule has 0 radical (unpaired) electrons. The van der Waals surface area contributed by atoms with E-state index in [1.54, 1.807) is 42.5 Å². The van der Waals surface area contributed by atoms with Gasteiger partial charge in [0.25, 0.3) is 5.91 Å². The average Bonchev–Trinajstić information content (AvgIpc) is 2.49. The molecular formula is C15H13ClN2O2. The van der Waals surface area contributed by atoms with Gasteiger partial charge in [-0.1, -0.05) is 60.1 Å². The molecular weight excluding hydrogens is 276 g/mol. The number of aliphatic hydroxyl groups is 1. The molecule has 0 saturated heterocycles. The summed E-state index contributed by atoms with van der Waals surface area (Å²) in [5.41, 5.74) is 3.47. The first-order valence-corrected chi connectivity index (χ1v) is 6.37. The Hall–Kier alpha value is -2.17. The van der Waals surface area contributed by atoms with Crippen LogP contribution in [0.25, 0.3) is 0 Å². The summed E-state index contributed by atoms with van der Waals surface area (Å²) in [7, 11) is 0. The van der Waals surface area contributed by atoms with E-state index in [1.807, 2.05) is 12.1 Å². The highest BCUT2D eigenvalue weighted by Gasteiger charge is 2.15. The van der Waals surface area contributed by atoms with Gasteiger partial charge in [0, 0.05) is 10.6 Å². The van der Waals surface area contributed by atoms with E-state index in [1.165, 1.54) is 6.21 Å². The number of halogens is 1. The number of nitrogens with zero attached hydrogens (tertiary/aromatic N) is 1. The zero-order chi connectivity index (χ0) is 14.4. The normalized spacial score (nSPS) is 12.3. The van der Waals surface area contributed by atoms with Crippen molar-refractivity contribution in [3.8, 4) is 0 Å². The van der Waals surface area contributed by atoms with Crippen LogP contribution in [0.3, 0.4) is 0 Å². The van der Waals surface area contributed by atoms with Crippen LogP contribution in [0.1, 0.15) is 17.2 Å². The van der Waals surface area contributed by atoms with Crippen LogP contribution in [0.5, 0.6) is 0 Å². The maximum Gasteiger partial charge on any atom is 0.273 e. The molecule has 1 unspecified atom stereocenters. The number of hydrazone groups is 1. The summed E-state index contributed by atoms with van der Waals surface area (Å²) in [5.74, 6) is -0.598. The highest BCUT2D eigenvalue weighted by atomic mass is 35.5. The van der Waals surface area contributed by atoms with E-state index in [0.29, 0.717) is 16.1 Å². The second kappa shape index (κ2) is 6.84. The van der Waals surface area contributed by atoms with Gasteiger partial charge in [-0.2, -0.15) is 5.10 Å². The summed E-state index contributed by atoms with van der Waals surface area (Å²) in [6.07, 6.45) is 0.178. The Balaban J connectivity index is 1.97. The Morgan fingerprint density at radius 2 is 1.80 bits per heavy atom. The van der Waals surface area contributed by atoms with Crippen molar-refractivity contribution in [2.45, 2.75) is 6.10 Å². The van der Waals surface area contributed by atoms with Crippen LogP contribution < -0.4 is 5.43 Å². The smallest absolute Gasteiger partial charge is 0.273 e. The van der Waals surface area contributed by atoms with Crippen LogP contribution in [0.2, 0.25) is 5.02 Å². The lowest BCUT2D eigenvalue weighted by Crippen LogP contribution is -2.25. The van der Waals surface area contributed by atoms with E-state index in [4.69, 9.17) is 11.6 Å². The van der Waals surface area contributed by atoms with E-state index < -0.39 is 12.0 Å². The Morgan fingerprint density at radius 3 is 2.50 bits per heavy atom. The fourth-order valence-electron chi connectivity index (χ4n) is 1.59. The summed E-state index contributed by atoms with van der Waals surface area (Å²) in [6.45, 7) is 0. The topological polar surface area (TPSA) is 61.7 Å². The van der Waals surface area contributed by atoms with Gasteiger partial charge in [0.1, 0.15) is 0 Å². The Bertz CT molecular complexity index is 614. The molecule has 0 bridgehead atoms. The maximum absolute atomic E-state index is 11.7. The van der Waals surface area contributed by atoms with Crippen LogP contribution in [-0.2, 0) is 4.79 Å². The predicted octanol–water partition coefficient (Wildman–Crippen LogP) is 2.52. The Labute approximate surface area is 121 Å². The molecule has 0 aromatic heterocycles. The third kappa shape index (κ3) is 3.66. The number of carbonyl (C=O) groups excluding carboxylic acids is 1. The highest BCUT2D eigenvalue weighted by molar-refractivity contribution is 6.33. The van der Waals surface area contributed by atoms with Gasteiger partial charge in [0.2, 0.25) is 0 Å². The molecule has 2 aromatic rings. The monoisotopic (exact) mass is 288 g/mol. The molecule has 0 heterocycles. The van der Waals surface area contributed by atoms with Gasteiger partial charge < -0.3 is 5.11 Å². The van der Waals surface area contributed by atoms with E-state index in [9.17, 15) is 9.90 Å². The van der Waals surface area contributed by atoms with Gasteiger partial charge in [-0.3, -0.25) is 4.79 Å². The molecule has 102 valence electrons. The van der Waals surface area contributed by atoms with Crippen LogP contribution in [0, 0.1) is 0 Å². The van der Waals surface area contributed by atoms with Gasteiger partial charge in [0.05, 0.1) is 6.21 Å². The van der Waals surface area contributed by atoms with E-state index in [0.717, 1.165) is 0 Å². The highest BCUT2D eigenvalue weighted by Crippen LogP contribution is 2.13. The molecule has 5 heteroatoms. The van der Waals surface area contributed by atoms with Crippen LogP contribution >= 0.6 is 11.6 Å². The average molecular weight is 289 g/mol. The standard InChI is InChI=1S/C15H13ClN2O2/c16-13-9-5-4-8-12(13)10-17-18-15(20)14(19)11-6-2-1-3-7-11/h1-10,14,19H,(H,18,20). The van der Waals surface area contributed by atoms with Crippen LogP contribution in [-0.4, -0.2) is 17.2 Å². The van der Waals surface area contributed by atoms with Crippen molar-refractivity contribution in [2.24, 2.45) is 5.10 Å². The third-order valence-corrected chi connectivity index (χ3v) is 2.99. The lowest BCUT2D eigenvalue weighted by molar-refractivity contribution is -0.129. The number of benzene rings is 2. The Morgan fingerprint density at radius 1 is 1.15 bits per heavy atom. The number of hydrogen-bond acceptors (Lipinski definition) is 3. The second-order valence-electron chi connectivity index (χ2n) is 4.07. The summed E-state index contributed by atoms with van der Waals surface area (Å²) in [5, 5.41) is 14.1. The number of amides is 1. The largest absolute Gasteiger partial charge is 0.378 e. The predicted molar refractivity (Wildman–Crippen MR) is 78.6 cm³/mol. The Kier molecular flexibility index (Phi) is 4.87. The summed E-state index contributed by atoms with van der Waals surface area (Å²) in [6, 6.07) is 15.8. The van der Waals surface area contributed by atoms with Crippen molar-refractivity contribution in [1.82, 2.24) is 5.43 Å². The molecule has 0 aliphatic rings. The number of hydrogen-bond donors (Lipinski definition) is 2. The van der Waals surface area contributed by atoms with Gasteiger partial charge >= 0.3 is 0 Å². The van der Waals surface area contributed by atoms with E-state index >= 15 is 0 Å². The number of carbonyl (C=O) groups is 1. The first-order valence-electron chi connectivity index (χ1n) is 5.99. The summed E-state index contributed by atoms with van der Waals surface area (Å²) in [4.78, 5) is 11.7. The van der Waals surface area contributed by atoms with Gasteiger partial charge in [-0.15, -0.1) is 0 Å². The molecule has 2 N–H and O–H groups in total. The minimum absolute atomic E-state index is 0.512.